The molecule has 0 radical (unpaired) electrons. The molecule has 0 aromatic heterocycles. The second-order valence-corrected chi connectivity index (χ2v) is 7.46. The zero-order valence-electron chi connectivity index (χ0n) is 13.2. The molecule has 0 heterocycles. The molecule has 0 aliphatic carbocycles. The average Bonchev–Trinajstić information content (AvgIpc) is 2.38. The smallest absolute Gasteiger partial charge is 0.237 e. The molecule has 0 saturated heterocycles. The van der Waals surface area contributed by atoms with Crippen molar-refractivity contribution >= 4 is 15.7 Å². The van der Waals surface area contributed by atoms with Crippen molar-refractivity contribution in [2.75, 3.05) is 16.7 Å². The Kier molecular flexibility index (Phi) is 6.64. The zero-order chi connectivity index (χ0) is 16.0. The minimum atomic E-state index is -3.41. The molecule has 0 spiro atoms. The number of rotatable bonds is 8. The van der Waals surface area contributed by atoms with E-state index in [9.17, 15) is 8.42 Å². The molecule has 5 nitrogen and oxygen atoms in total. The molecular weight excluding hydrogens is 288 g/mol. The second kappa shape index (κ2) is 7.77. The van der Waals surface area contributed by atoms with Crippen molar-refractivity contribution in [2.45, 2.75) is 46.4 Å². The number of ether oxygens (including phenoxy) is 1. The Morgan fingerprint density at radius 1 is 1.14 bits per heavy atom. The average molecular weight is 314 g/mol. The molecule has 0 atom stereocenters. The Morgan fingerprint density at radius 3 is 2.14 bits per heavy atom. The van der Waals surface area contributed by atoms with Crippen molar-refractivity contribution < 1.29 is 13.2 Å². The first kappa shape index (κ1) is 17.9. The standard InChI is InChI=1S/C15H26N2O3S/c1-12(2)17(15-7-5-14(11-16)6-8-15)21(18,19)10-9-20-13(3)4/h5-8,12-13H,9-11,16H2,1-4H3. The van der Waals surface area contributed by atoms with E-state index < -0.39 is 10.0 Å². The third-order valence-corrected chi connectivity index (χ3v) is 4.90. The van der Waals surface area contributed by atoms with Gasteiger partial charge in [-0.3, -0.25) is 4.31 Å². The number of sulfonamides is 1. The monoisotopic (exact) mass is 314 g/mol. The second-order valence-electron chi connectivity index (χ2n) is 5.50. The number of hydrogen-bond acceptors (Lipinski definition) is 4. The van der Waals surface area contributed by atoms with Crippen molar-refractivity contribution in [3.05, 3.63) is 29.8 Å². The number of nitrogens with two attached hydrogens (primary N) is 1. The van der Waals surface area contributed by atoms with Crippen LogP contribution in [0.3, 0.4) is 0 Å². The highest BCUT2D eigenvalue weighted by Gasteiger charge is 2.25. The van der Waals surface area contributed by atoms with Gasteiger partial charge in [0.05, 0.1) is 24.2 Å². The van der Waals surface area contributed by atoms with Crippen molar-refractivity contribution in [1.29, 1.82) is 0 Å². The van der Waals surface area contributed by atoms with Gasteiger partial charge in [-0.25, -0.2) is 8.42 Å². The van der Waals surface area contributed by atoms with E-state index in [1.54, 1.807) is 12.1 Å². The topological polar surface area (TPSA) is 72.6 Å². The normalized spacial score (nSPS) is 12.1. The minimum Gasteiger partial charge on any atom is -0.378 e. The van der Waals surface area contributed by atoms with Gasteiger partial charge in [-0.2, -0.15) is 0 Å². The SMILES string of the molecule is CC(C)OCCS(=O)(=O)N(c1ccc(CN)cc1)C(C)C. The lowest BCUT2D eigenvalue weighted by atomic mass is 10.2. The lowest BCUT2D eigenvalue weighted by molar-refractivity contribution is 0.0912. The molecule has 2 N–H and O–H groups in total. The summed E-state index contributed by atoms with van der Waals surface area (Å²) in [5.74, 6) is -0.0258. The van der Waals surface area contributed by atoms with Crippen LogP contribution in [0.4, 0.5) is 5.69 Å². The summed E-state index contributed by atoms with van der Waals surface area (Å²) in [6, 6.07) is 7.14. The number of anilines is 1. The summed E-state index contributed by atoms with van der Waals surface area (Å²) in [6.07, 6.45) is 0.0246. The Balaban J connectivity index is 2.93. The molecule has 1 aromatic rings. The first-order valence-electron chi connectivity index (χ1n) is 7.20. The van der Waals surface area contributed by atoms with E-state index in [-0.39, 0.29) is 24.5 Å². The maximum Gasteiger partial charge on any atom is 0.237 e. The van der Waals surface area contributed by atoms with Gasteiger partial charge in [0.15, 0.2) is 0 Å². The van der Waals surface area contributed by atoms with E-state index >= 15 is 0 Å². The summed E-state index contributed by atoms with van der Waals surface area (Å²) >= 11 is 0. The lowest BCUT2D eigenvalue weighted by Crippen LogP contribution is -2.39. The molecule has 0 fully saturated rings. The molecule has 0 amide bonds. The van der Waals surface area contributed by atoms with Crippen LogP contribution >= 0.6 is 0 Å². The van der Waals surface area contributed by atoms with Crippen LogP contribution in [0.15, 0.2) is 24.3 Å². The van der Waals surface area contributed by atoms with E-state index in [1.807, 2.05) is 39.8 Å². The predicted octanol–water partition coefficient (Wildman–Crippen LogP) is 2.11. The summed E-state index contributed by atoms with van der Waals surface area (Å²) < 4.78 is 31.9. The van der Waals surface area contributed by atoms with Crippen molar-refractivity contribution in [3.63, 3.8) is 0 Å². The van der Waals surface area contributed by atoms with E-state index in [0.717, 1.165) is 5.56 Å². The molecule has 0 aliphatic rings. The molecule has 0 aliphatic heterocycles. The van der Waals surface area contributed by atoms with Gasteiger partial charge in [-0.05, 0) is 45.4 Å². The van der Waals surface area contributed by atoms with E-state index in [1.165, 1.54) is 4.31 Å². The Labute approximate surface area is 128 Å². The van der Waals surface area contributed by atoms with Crippen molar-refractivity contribution in [1.82, 2.24) is 0 Å². The van der Waals surface area contributed by atoms with Gasteiger partial charge in [0.1, 0.15) is 0 Å². The molecule has 21 heavy (non-hydrogen) atoms. The zero-order valence-corrected chi connectivity index (χ0v) is 14.1. The van der Waals surface area contributed by atoms with Crippen molar-refractivity contribution in [2.24, 2.45) is 5.73 Å². The van der Waals surface area contributed by atoms with Gasteiger partial charge >= 0.3 is 0 Å². The van der Waals surface area contributed by atoms with Gasteiger partial charge in [0.2, 0.25) is 10.0 Å². The minimum absolute atomic E-state index is 0.0246. The Hall–Kier alpha value is -1.11. The van der Waals surface area contributed by atoms with Crippen molar-refractivity contribution in [3.8, 4) is 0 Å². The van der Waals surface area contributed by atoms with Crippen LogP contribution in [-0.2, 0) is 21.3 Å². The molecule has 1 aromatic carbocycles. The molecule has 0 unspecified atom stereocenters. The number of nitrogens with zero attached hydrogens (tertiary/aromatic N) is 1. The fourth-order valence-electron chi connectivity index (χ4n) is 2.05. The molecule has 0 bridgehead atoms. The predicted molar refractivity (Wildman–Crippen MR) is 86.8 cm³/mol. The molecule has 0 saturated carbocycles. The quantitative estimate of drug-likeness (QED) is 0.797. The summed E-state index contributed by atoms with van der Waals surface area (Å²) in [5, 5.41) is 0. The van der Waals surface area contributed by atoms with Crippen LogP contribution in [0.5, 0.6) is 0 Å². The molecule has 6 heteroatoms. The molecule has 120 valence electrons. The lowest BCUT2D eigenvalue weighted by Gasteiger charge is -2.28. The third kappa shape index (κ3) is 5.30. The van der Waals surface area contributed by atoms with Gasteiger partial charge in [-0.15, -0.1) is 0 Å². The maximum absolute atomic E-state index is 12.5. The molecular formula is C15H26N2O3S. The fraction of sp³-hybridized carbons (Fsp3) is 0.600. The van der Waals surface area contributed by atoms with Crippen LogP contribution in [0.2, 0.25) is 0 Å². The Morgan fingerprint density at radius 2 is 1.71 bits per heavy atom. The van der Waals surface area contributed by atoms with Crippen LogP contribution in [-0.4, -0.2) is 32.9 Å². The first-order valence-corrected chi connectivity index (χ1v) is 8.81. The summed E-state index contributed by atoms with van der Waals surface area (Å²) in [6.45, 7) is 8.13. The third-order valence-electron chi connectivity index (χ3n) is 2.99. The summed E-state index contributed by atoms with van der Waals surface area (Å²) in [4.78, 5) is 0. The Bertz CT molecular complexity index is 524. The highest BCUT2D eigenvalue weighted by atomic mass is 32.2. The van der Waals surface area contributed by atoms with E-state index in [2.05, 4.69) is 0 Å². The largest absolute Gasteiger partial charge is 0.378 e. The van der Waals surface area contributed by atoms with E-state index in [0.29, 0.717) is 12.2 Å². The van der Waals surface area contributed by atoms with Gasteiger partial charge in [0, 0.05) is 12.6 Å². The number of benzene rings is 1. The van der Waals surface area contributed by atoms with Crippen LogP contribution < -0.4 is 10.0 Å². The number of hydrogen-bond donors (Lipinski definition) is 1. The highest BCUT2D eigenvalue weighted by Crippen LogP contribution is 2.22. The molecule has 1 rings (SSSR count). The van der Waals surface area contributed by atoms with Gasteiger partial charge in [0.25, 0.3) is 0 Å². The maximum atomic E-state index is 12.5. The summed E-state index contributed by atoms with van der Waals surface area (Å²) in [5.41, 5.74) is 7.20. The van der Waals surface area contributed by atoms with Gasteiger partial charge in [-0.1, -0.05) is 12.1 Å². The fourth-order valence-corrected chi connectivity index (χ4v) is 3.64. The van der Waals surface area contributed by atoms with Gasteiger partial charge < -0.3 is 10.5 Å². The van der Waals surface area contributed by atoms with Crippen LogP contribution in [0.25, 0.3) is 0 Å². The van der Waals surface area contributed by atoms with E-state index in [4.69, 9.17) is 10.5 Å². The van der Waals surface area contributed by atoms with Crippen LogP contribution in [0.1, 0.15) is 33.3 Å². The summed E-state index contributed by atoms with van der Waals surface area (Å²) in [7, 11) is -3.41. The first-order chi connectivity index (χ1) is 9.77. The highest BCUT2D eigenvalue weighted by molar-refractivity contribution is 7.92. The van der Waals surface area contributed by atoms with Crippen LogP contribution in [0, 0.1) is 0 Å².